The van der Waals surface area contributed by atoms with E-state index in [1.54, 1.807) is 25.4 Å². The normalized spacial score (nSPS) is 28.0. The molecule has 7 heteroatoms. The number of aliphatic hydroxyl groups excluding tert-OH is 2. The minimum Gasteiger partial charge on any atom is -0.388 e. The number of nitrogens with zero attached hydrogens (tertiary/aromatic N) is 3. The third-order valence-corrected chi connectivity index (χ3v) is 4.61. The second-order valence-corrected chi connectivity index (χ2v) is 6.18. The van der Waals surface area contributed by atoms with Crippen LogP contribution in [0.25, 0.3) is 0 Å². The second kappa shape index (κ2) is 6.82. The van der Waals surface area contributed by atoms with Crippen molar-refractivity contribution in [2.75, 3.05) is 38.3 Å². The molecule has 126 valence electrons. The Morgan fingerprint density at radius 1 is 1.35 bits per heavy atom. The van der Waals surface area contributed by atoms with Crippen molar-refractivity contribution < 1.29 is 19.7 Å². The summed E-state index contributed by atoms with van der Waals surface area (Å²) >= 11 is 0. The molecule has 2 fully saturated rings. The van der Waals surface area contributed by atoms with Gasteiger partial charge in [0.05, 0.1) is 19.3 Å². The molecule has 0 aromatic carbocycles. The number of anilines is 1. The third kappa shape index (κ3) is 3.31. The molecular weight excluding hydrogens is 298 g/mol. The van der Waals surface area contributed by atoms with Crippen molar-refractivity contribution in [1.29, 1.82) is 0 Å². The monoisotopic (exact) mass is 321 g/mol. The summed E-state index contributed by atoms with van der Waals surface area (Å²) in [7, 11) is 1.62. The van der Waals surface area contributed by atoms with E-state index >= 15 is 0 Å². The molecular formula is C16H23N3O4. The van der Waals surface area contributed by atoms with Gasteiger partial charge in [0.2, 0.25) is 0 Å². The first-order valence-corrected chi connectivity index (χ1v) is 8.00. The highest BCUT2D eigenvalue weighted by molar-refractivity contribution is 5.95. The fourth-order valence-corrected chi connectivity index (χ4v) is 3.13. The minimum atomic E-state index is -1.00. The molecule has 1 aromatic heterocycles. The number of carbonyl (C=O) groups is 1. The van der Waals surface area contributed by atoms with E-state index in [9.17, 15) is 15.0 Å². The van der Waals surface area contributed by atoms with Crippen molar-refractivity contribution in [3.8, 4) is 0 Å². The smallest absolute Gasteiger partial charge is 0.254 e. The molecule has 2 aliphatic rings. The second-order valence-electron chi connectivity index (χ2n) is 6.18. The summed E-state index contributed by atoms with van der Waals surface area (Å²) in [4.78, 5) is 20.6. The van der Waals surface area contributed by atoms with Crippen LogP contribution in [0.1, 0.15) is 23.2 Å². The lowest BCUT2D eigenvalue weighted by Gasteiger charge is -2.37. The molecule has 3 atom stereocenters. The van der Waals surface area contributed by atoms with Gasteiger partial charge in [-0.25, -0.2) is 4.98 Å². The topological polar surface area (TPSA) is 86.1 Å². The lowest BCUT2D eigenvalue weighted by molar-refractivity contribution is -0.122. The first kappa shape index (κ1) is 16.2. The quantitative estimate of drug-likeness (QED) is 0.807. The number of aromatic nitrogens is 1. The predicted octanol–water partition coefficient (Wildman–Crippen LogP) is -0.126. The van der Waals surface area contributed by atoms with Gasteiger partial charge in [0.1, 0.15) is 18.0 Å². The van der Waals surface area contributed by atoms with Crippen LogP contribution in [0.15, 0.2) is 18.3 Å². The van der Waals surface area contributed by atoms with Gasteiger partial charge in [-0.15, -0.1) is 0 Å². The SMILES string of the molecule is CN(C(=O)c1ccnc(N2CCCC2)c1)[C@@H]1COC[C@@H](O)[C@H]1O. The Kier molecular flexibility index (Phi) is 4.79. The van der Waals surface area contributed by atoms with Crippen LogP contribution >= 0.6 is 0 Å². The van der Waals surface area contributed by atoms with Gasteiger partial charge in [-0.3, -0.25) is 4.79 Å². The molecule has 0 radical (unpaired) electrons. The van der Waals surface area contributed by atoms with E-state index in [1.807, 2.05) is 0 Å². The highest BCUT2D eigenvalue weighted by atomic mass is 16.5. The van der Waals surface area contributed by atoms with E-state index in [1.165, 1.54) is 4.90 Å². The molecule has 3 heterocycles. The number of pyridine rings is 1. The molecule has 2 saturated heterocycles. The lowest BCUT2D eigenvalue weighted by Crippen LogP contribution is -2.56. The molecule has 0 aliphatic carbocycles. The standard InChI is InChI=1S/C16H23N3O4/c1-18(12-9-23-10-13(20)15(12)21)16(22)11-4-5-17-14(8-11)19-6-2-3-7-19/h4-5,8,12-13,15,20-21H,2-3,6-7,9-10H2,1H3/t12-,13-,15+/m1/s1. The van der Waals surface area contributed by atoms with Gasteiger partial charge in [-0.1, -0.05) is 0 Å². The number of rotatable bonds is 3. The highest BCUT2D eigenvalue weighted by Gasteiger charge is 2.36. The van der Waals surface area contributed by atoms with Crippen molar-refractivity contribution in [1.82, 2.24) is 9.88 Å². The van der Waals surface area contributed by atoms with Crippen LogP contribution in [0.5, 0.6) is 0 Å². The Morgan fingerprint density at radius 2 is 2.09 bits per heavy atom. The number of likely N-dealkylation sites (N-methyl/N-ethyl adjacent to an activating group) is 1. The molecule has 0 saturated carbocycles. The van der Waals surface area contributed by atoms with Crippen molar-refractivity contribution in [2.24, 2.45) is 0 Å². The van der Waals surface area contributed by atoms with Gasteiger partial charge >= 0.3 is 0 Å². The molecule has 1 amide bonds. The lowest BCUT2D eigenvalue weighted by atomic mass is 10.0. The van der Waals surface area contributed by atoms with E-state index in [0.29, 0.717) is 5.56 Å². The summed E-state index contributed by atoms with van der Waals surface area (Å²) < 4.78 is 5.25. The van der Waals surface area contributed by atoms with Crippen LogP contribution in [-0.2, 0) is 4.74 Å². The van der Waals surface area contributed by atoms with Gasteiger partial charge < -0.3 is 24.7 Å². The summed E-state index contributed by atoms with van der Waals surface area (Å²) in [5, 5.41) is 19.8. The van der Waals surface area contributed by atoms with Crippen molar-refractivity contribution in [3.05, 3.63) is 23.9 Å². The molecule has 0 bridgehead atoms. The van der Waals surface area contributed by atoms with Gasteiger partial charge in [-0.2, -0.15) is 0 Å². The van der Waals surface area contributed by atoms with Crippen LogP contribution in [0.2, 0.25) is 0 Å². The number of carbonyl (C=O) groups excluding carboxylic acids is 1. The summed E-state index contributed by atoms with van der Waals surface area (Å²) in [6, 6.07) is 2.90. The van der Waals surface area contributed by atoms with E-state index in [-0.39, 0.29) is 19.1 Å². The zero-order valence-electron chi connectivity index (χ0n) is 13.3. The number of amides is 1. The Labute approximate surface area is 135 Å². The highest BCUT2D eigenvalue weighted by Crippen LogP contribution is 2.21. The molecule has 1 aromatic rings. The molecule has 3 rings (SSSR count). The predicted molar refractivity (Wildman–Crippen MR) is 84.4 cm³/mol. The average Bonchev–Trinajstić information content (AvgIpc) is 3.11. The maximum Gasteiger partial charge on any atom is 0.254 e. The number of hydrogen-bond donors (Lipinski definition) is 2. The minimum absolute atomic E-state index is 0.0913. The van der Waals surface area contributed by atoms with E-state index in [4.69, 9.17) is 4.74 Å². The Balaban J connectivity index is 1.75. The van der Waals surface area contributed by atoms with E-state index in [0.717, 1.165) is 31.7 Å². The summed E-state index contributed by atoms with van der Waals surface area (Å²) in [6.07, 6.45) is 1.95. The molecule has 7 nitrogen and oxygen atoms in total. The van der Waals surface area contributed by atoms with Gasteiger partial charge in [-0.05, 0) is 25.0 Å². The van der Waals surface area contributed by atoms with Crippen LogP contribution in [0.3, 0.4) is 0 Å². The summed E-state index contributed by atoms with van der Waals surface area (Å²) in [6.45, 7) is 2.22. The third-order valence-electron chi connectivity index (χ3n) is 4.61. The molecule has 23 heavy (non-hydrogen) atoms. The summed E-state index contributed by atoms with van der Waals surface area (Å²) in [5.41, 5.74) is 0.525. The average molecular weight is 321 g/mol. The van der Waals surface area contributed by atoms with E-state index in [2.05, 4.69) is 9.88 Å². The number of ether oxygens (including phenoxy) is 1. The molecule has 0 unspecified atom stereocenters. The molecule has 2 aliphatic heterocycles. The maximum atomic E-state index is 12.7. The van der Waals surface area contributed by atoms with Crippen LogP contribution in [-0.4, -0.2) is 77.6 Å². The Bertz CT molecular complexity index is 562. The van der Waals surface area contributed by atoms with Crippen molar-refractivity contribution in [3.63, 3.8) is 0 Å². The Hall–Kier alpha value is -1.70. The Morgan fingerprint density at radius 3 is 2.83 bits per heavy atom. The van der Waals surface area contributed by atoms with Gasteiger partial charge in [0.15, 0.2) is 0 Å². The van der Waals surface area contributed by atoms with Crippen LogP contribution < -0.4 is 4.90 Å². The fourth-order valence-electron chi connectivity index (χ4n) is 3.13. The maximum absolute atomic E-state index is 12.7. The molecule has 0 spiro atoms. The van der Waals surface area contributed by atoms with Gasteiger partial charge in [0.25, 0.3) is 5.91 Å². The molecule has 2 N–H and O–H groups in total. The zero-order valence-corrected chi connectivity index (χ0v) is 13.3. The van der Waals surface area contributed by atoms with Gasteiger partial charge in [0, 0.05) is 31.9 Å². The number of hydrogen-bond acceptors (Lipinski definition) is 6. The largest absolute Gasteiger partial charge is 0.388 e. The number of aliphatic hydroxyl groups is 2. The first-order valence-electron chi connectivity index (χ1n) is 8.00. The van der Waals surface area contributed by atoms with E-state index < -0.39 is 18.2 Å². The zero-order chi connectivity index (χ0) is 16.4. The van der Waals surface area contributed by atoms with Crippen LogP contribution in [0, 0.1) is 0 Å². The van der Waals surface area contributed by atoms with Crippen molar-refractivity contribution >= 4 is 11.7 Å². The fraction of sp³-hybridized carbons (Fsp3) is 0.625. The van der Waals surface area contributed by atoms with Crippen molar-refractivity contribution in [2.45, 2.75) is 31.1 Å². The summed E-state index contributed by atoms with van der Waals surface area (Å²) in [5.74, 6) is 0.594. The van der Waals surface area contributed by atoms with Crippen LogP contribution in [0.4, 0.5) is 5.82 Å². The first-order chi connectivity index (χ1) is 11.1.